The van der Waals surface area contributed by atoms with Crippen molar-refractivity contribution in [1.29, 1.82) is 0 Å². The summed E-state index contributed by atoms with van der Waals surface area (Å²) in [4.78, 5) is 9.26. The summed E-state index contributed by atoms with van der Waals surface area (Å²) < 4.78 is 5.42. The first-order chi connectivity index (χ1) is 12.2. The molecule has 0 aliphatic carbocycles. The van der Waals surface area contributed by atoms with Gasteiger partial charge in [-0.05, 0) is 33.0 Å². The second-order valence-corrected chi connectivity index (χ2v) is 6.59. The highest BCUT2D eigenvalue weighted by Gasteiger charge is 2.14. The molecule has 25 heavy (non-hydrogen) atoms. The standard InChI is InChI=1S/C18H34N6O/c1-5-16-15(17(6-2)25-22-16)14-21-18(19-3)20-8-11-24-10-7-9-23(4)12-13-24/h5-14H2,1-4H3,(H2,19,20,21). The van der Waals surface area contributed by atoms with Crippen LogP contribution in [0, 0.1) is 0 Å². The average molecular weight is 351 g/mol. The van der Waals surface area contributed by atoms with E-state index in [-0.39, 0.29) is 0 Å². The highest BCUT2D eigenvalue weighted by molar-refractivity contribution is 5.79. The molecule has 142 valence electrons. The van der Waals surface area contributed by atoms with Crippen LogP contribution >= 0.6 is 0 Å². The van der Waals surface area contributed by atoms with Gasteiger partial charge in [-0.2, -0.15) is 0 Å². The molecule has 1 aromatic heterocycles. The second kappa shape index (κ2) is 10.4. The molecule has 0 amide bonds. The number of hydrogen-bond donors (Lipinski definition) is 2. The smallest absolute Gasteiger partial charge is 0.191 e. The van der Waals surface area contributed by atoms with Gasteiger partial charge in [0.2, 0.25) is 0 Å². The van der Waals surface area contributed by atoms with Crippen molar-refractivity contribution in [2.75, 3.05) is 53.4 Å². The molecular weight excluding hydrogens is 316 g/mol. The number of aromatic nitrogens is 1. The lowest BCUT2D eigenvalue weighted by Crippen LogP contribution is -2.42. The molecule has 0 bridgehead atoms. The van der Waals surface area contributed by atoms with E-state index in [2.05, 4.69) is 51.5 Å². The molecule has 1 aliphatic heterocycles. The van der Waals surface area contributed by atoms with Crippen LogP contribution in [0.2, 0.25) is 0 Å². The normalized spacial score (nSPS) is 17.5. The topological polar surface area (TPSA) is 68.9 Å². The Bertz CT molecular complexity index is 520. The molecule has 0 spiro atoms. The van der Waals surface area contributed by atoms with Gasteiger partial charge in [0.05, 0.1) is 5.69 Å². The van der Waals surface area contributed by atoms with Crippen molar-refractivity contribution in [3.05, 3.63) is 17.0 Å². The molecule has 7 heteroatoms. The zero-order valence-electron chi connectivity index (χ0n) is 16.3. The van der Waals surface area contributed by atoms with Crippen molar-refractivity contribution in [3.63, 3.8) is 0 Å². The number of hydrogen-bond acceptors (Lipinski definition) is 5. The Balaban J connectivity index is 1.76. The van der Waals surface area contributed by atoms with E-state index in [0.29, 0.717) is 6.54 Å². The molecule has 0 saturated carbocycles. The summed E-state index contributed by atoms with van der Waals surface area (Å²) in [7, 11) is 4.01. The minimum Gasteiger partial charge on any atom is -0.361 e. The molecule has 0 atom stereocenters. The number of rotatable bonds is 7. The van der Waals surface area contributed by atoms with E-state index in [1.807, 2.05) is 7.05 Å². The Morgan fingerprint density at radius 3 is 2.72 bits per heavy atom. The van der Waals surface area contributed by atoms with E-state index >= 15 is 0 Å². The van der Waals surface area contributed by atoms with E-state index in [0.717, 1.165) is 56.4 Å². The first-order valence-electron chi connectivity index (χ1n) is 9.49. The third-order valence-corrected chi connectivity index (χ3v) is 4.80. The lowest BCUT2D eigenvalue weighted by atomic mass is 10.1. The average Bonchev–Trinajstić information content (AvgIpc) is 2.91. The highest BCUT2D eigenvalue weighted by Crippen LogP contribution is 2.15. The van der Waals surface area contributed by atoms with Crippen LogP contribution in [0.4, 0.5) is 0 Å². The number of aryl methyl sites for hydroxylation is 2. The van der Waals surface area contributed by atoms with Crippen LogP contribution in [-0.4, -0.2) is 74.3 Å². The van der Waals surface area contributed by atoms with Gasteiger partial charge in [0, 0.05) is 51.8 Å². The van der Waals surface area contributed by atoms with Gasteiger partial charge in [-0.3, -0.25) is 4.99 Å². The van der Waals surface area contributed by atoms with Crippen molar-refractivity contribution < 1.29 is 4.52 Å². The van der Waals surface area contributed by atoms with Gasteiger partial charge in [0.1, 0.15) is 5.76 Å². The largest absolute Gasteiger partial charge is 0.361 e. The maximum Gasteiger partial charge on any atom is 0.191 e. The summed E-state index contributed by atoms with van der Waals surface area (Å²) >= 11 is 0. The second-order valence-electron chi connectivity index (χ2n) is 6.59. The Labute approximate surface area is 151 Å². The minimum absolute atomic E-state index is 0.698. The van der Waals surface area contributed by atoms with Crippen molar-refractivity contribution in [3.8, 4) is 0 Å². The summed E-state index contributed by atoms with van der Waals surface area (Å²) in [6, 6.07) is 0. The number of nitrogens with zero attached hydrogens (tertiary/aromatic N) is 4. The SMILES string of the molecule is CCc1noc(CC)c1CNC(=NC)NCCN1CCCN(C)CC1. The fourth-order valence-electron chi connectivity index (χ4n) is 3.19. The van der Waals surface area contributed by atoms with E-state index in [1.165, 1.54) is 25.1 Å². The van der Waals surface area contributed by atoms with Crippen LogP contribution in [0.15, 0.2) is 9.52 Å². The van der Waals surface area contributed by atoms with Crippen LogP contribution < -0.4 is 10.6 Å². The molecule has 7 nitrogen and oxygen atoms in total. The highest BCUT2D eigenvalue weighted by atomic mass is 16.5. The fourth-order valence-corrected chi connectivity index (χ4v) is 3.19. The maximum absolute atomic E-state index is 5.42. The summed E-state index contributed by atoms with van der Waals surface area (Å²) in [5.41, 5.74) is 2.21. The van der Waals surface area contributed by atoms with Gasteiger partial charge in [-0.1, -0.05) is 19.0 Å². The van der Waals surface area contributed by atoms with Crippen LogP contribution in [0.5, 0.6) is 0 Å². The predicted octanol–water partition coefficient (Wildman–Crippen LogP) is 1.10. The first-order valence-corrected chi connectivity index (χ1v) is 9.49. The summed E-state index contributed by atoms with van der Waals surface area (Å²) in [5.74, 6) is 1.80. The third-order valence-electron chi connectivity index (χ3n) is 4.80. The maximum atomic E-state index is 5.42. The Kier molecular flexibility index (Phi) is 8.21. The fraction of sp³-hybridized carbons (Fsp3) is 0.778. The van der Waals surface area contributed by atoms with Gasteiger partial charge >= 0.3 is 0 Å². The van der Waals surface area contributed by atoms with E-state index in [4.69, 9.17) is 4.52 Å². The molecule has 1 aliphatic rings. The van der Waals surface area contributed by atoms with Crippen molar-refractivity contribution >= 4 is 5.96 Å². The number of guanidine groups is 1. The summed E-state index contributed by atoms with van der Waals surface area (Å²) in [5, 5.41) is 11.0. The van der Waals surface area contributed by atoms with Crippen LogP contribution in [-0.2, 0) is 19.4 Å². The van der Waals surface area contributed by atoms with Crippen molar-refractivity contribution in [2.24, 2.45) is 4.99 Å². The summed E-state index contributed by atoms with van der Waals surface area (Å²) in [6.07, 6.45) is 2.99. The monoisotopic (exact) mass is 350 g/mol. The predicted molar refractivity (Wildman–Crippen MR) is 102 cm³/mol. The van der Waals surface area contributed by atoms with Crippen molar-refractivity contribution in [2.45, 2.75) is 39.7 Å². The minimum atomic E-state index is 0.698. The van der Waals surface area contributed by atoms with Gasteiger partial charge in [-0.25, -0.2) is 0 Å². The number of nitrogens with one attached hydrogen (secondary N) is 2. The number of aliphatic imine (C=N–C) groups is 1. The zero-order chi connectivity index (χ0) is 18.1. The molecule has 1 fully saturated rings. The van der Waals surface area contributed by atoms with E-state index in [9.17, 15) is 0 Å². The lowest BCUT2D eigenvalue weighted by Gasteiger charge is -2.21. The van der Waals surface area contributed by atoms with Crippen LogP contribution in [0.3, 0.4) is 0 Å². The van der Waals surface area contributed by atoms with Gasteiger partial charge in [0.15, 0.2) is 5.96 Å². The molecule has 1 aromatic rings. The Hall–Kier alpha value is -1.60. The van der Waals surface area contributed by atoms with Crippen molar-refractivity contribution in [1.82, 2.24) is 25.6 Å². The number of likely N-dealkylation sites (N-methyl/N-ethyl adjacent to an activating group) is 1. The van der Waals surface area contributed by atoms with Crippen LogP contribution in [0.1, 0.15) is 37.3 Å². The molecule has 0 radical (unpaired) electrons. The quantitative estimate of drug-likeness (QED) is 0.567. The first kappa shape index (κ1) is 19.7. The molecular formula is C18H34N6O. The van der Waals surface area contributed by atoms with Gasteiger partial charge in [0.25, 0.3) is 0 Å². The third kappa shape index (κ3) is 6.01. The molecule has 0 aromatic carbocycles. The van der Waals surface area contributed by atoms with E-state index < -0.39 is 0 Å². The molecule has 2 N–H and O–H groups in total. The zero-order valence-corrected chi connectivity index (χ0v) is 16.3. The Morgan fingerprint density at radius 1 is 1.16 bits per heavy atom. The van der Waals surface area contributed by atoms with Gasteiger partial charge < -0.3 is 25.0 Å². The van der Waals surface area contributed by atoms with Gasteiger partial charge in [-0.15, -0.1) is 0 Å². The molecule has 2 rings (SSSR count). The lowest BCUT2D eigenvalue weighted by molar-refractivity contribution is 0.280. The summed E-state index contributed by atoms with van der Waals surface area (Å²) in [6.45, 7) is 11.5. The Morgan fingerprint density at radius 2 is 2.00 bits per heavy atom. The van der Waals surface area contributed by atoms with Crippen LogP contribution in [0.25, 0.3) is 0 Å². The van der Waals surface area contributed by atoms with E-state index in [1.54, 1.807) is 0 Å². The molecule has 2 heterocycles. The molecule has 1 saturated heterocycles. The molecule has 0 unspecified atom stereocenters.